The molecule has 2 aliphatic heterocycles. The molecule has 2 N–H and O–H groups in total. The summed E-state index contributed by atoms with van der Waals surface area (Å²) in [7, 11) is -3.58. The number of hydrogen-bond acceptors (Lipinski definition) is 5. The molecule has 3 amide bonds. The van der Waals surface area contributed by atoms with E-state index in [2.05, 4.69) is 5.32 Å². The first kappa shape index (κ1) is 20.6. The van der Waals surface area contributed by atoms with E-state index in [9.17, 15) is 18.0 Å². The van der Waals surface area contributed by atoms with Gasteiger partial charge in [-0.25, -0.2) is 13.2 Å². The zero-order valence-electron chi connectivity index (χ0n) is 16.2. The quantitative estimate of drug-likeness (QED) is 0.620. The van der Waals surface area contributed by atoms with Crippen LogP contribution in [0.4, 0.5) is 4.79 Å². The Morgan fingerprint density at radius 1 is 1.21 bits per heavy atom. The predicted octanol–water partition coefficient (Wildman–Crippen LogP) is -1.09. The molecule has 2 saturated heterocycles. The number of urea groups is 1. The van der Waals surface area contributed by atoms with Crippen molar-refractivity contribution in [2.24, 2.45) is 0 Å². The molecule has 154 valence electrons. The zero-order valence-corrected chi connectivity index (χ0v) is 17.0. The van der Waals surface area contributed by atoms with E-state index in [1.54, 1.807) is 31.2 Å². The molecule has 0 spiro atoms. The molecule has 0 aliphatic carbocycles. The summed E-state index contributed by atoms with van der Waals surface area (Å²) in [6.45, 7) is 6.72. The second-order valence-electron chi connectivity index (χ2n) is 6.91. The highest BCUT2D eigenvalue weighted by molar-refractivity contribution is 7.89. The fraction of sp³-hybridized carbons (Fsp3) is 0.556. The van der Waals surface area contributed by atoms with Crippen molar-refractivity contribution in [1.29, 1.82) is 0 Å². The lowest BCUT2D eigenvalue weighted by Gasteiger charge is -2.34. The van der Waals surface area contributed by atoms with Crippen LogP contribution < -0.4 is 15.0 Å². The van der Waals surface area contributed by atoms with E-state index in [0.717, 1.165) is 4.90 Å². The van der Waals surface area contributed by atoms with Gasteiger partial charge in [0.15, 0.2) is 6.04 Å². The molecule has 28 heavy (non-hydrogen) atoms. The van der Waals surface area contributed by atoms with Gasteiger partial charge < -0.3 is 15.0 Å². The average molecular weight is 412 g/mol. The molecule has 1 atom stereocenters. The van der Waals surface area contributed by atoms with Crippen LogP contribution in [0.1, 0.15) is 13.8 Å². The second-order valence-corrected chi connectivity index (χ2v) is 8.85. The molecule has 9 nitrogen and oxygen atoms in total. The van der Waals surface area contributed by atoms with Crippen molar-refractivity contribution in [3.63, 3.8) is 0 Å². The number of quaternary nitrogens is 1. The van der Waals surface area contributed by atoms with Crippen molar-refractivity contribution in [1.82, 2.24) is 14.5 Å². The summed E-state index contributed by atoms with van der Waals surface area (Å²) >= 11 is 0. The first-order chi connectivity index (χ1) is 13.3. The Kier molecular flexibility index (Phi) is 6.21. The van der Waals surface area contributed by atoms with Crippen LogP contribution in [-0.4, -0.2) is 81.5 Å². The largest absolute Gasteiger partial charge is 0.494 e. The van der Waals surface area contributed by atoms with Crippen LogP contribution in [-0.2, 0) is 14.8 Å². The molecule has 0 unspecified atom stereocenters. The van der Waals surface area contributed by atoms with Crippen LogP contribution in [0, 0.1) is 0 Å². The lowest BCUT2D eigenvalue weighted by atomic mass is 10.2. The van der Waals surface area contributed by atoms with Crippen molar-refractivity contribution < 1.29 is 27.6 Å². The highest BCUT2D eigenvalue weighted by Gasteiger charge is 2.38. The third-order valence-corrected chi connectivity index (χ3v) is 7.16. The van der Waals surface area contributed by atoms with Gasteiger partial charge in [-0.05, 0) is 38.1 Å². The number of piperazine rings is 1. The number of imide groups is 1. The van der Waals surface area contributed by atoms with Crippen molar-refractivity contribution in [3.05, 3.63) is 24.3 Å². The van der Waals surface area contributed by atoms with Gasteiger partial charge in [-0.15, -0.1) is 0 Å². The van der Waals surface area contributed by atoms with Gasteiger partial charge in [-0.1, -0.05) is 0 Å². The predicted molar refractivity (Wildman–Crippen MR) is 102 cm³/mol. The molecule has 0 aromatic heterocycles. The average Bonchev–Trinajstić information content (AvgIpc) is 3.13. The molecule has 2 aliphatic rings. The summed E-state index contributed by atoms with van der Waals surface area (Å²) in [5, 5.41) is 2.63. The summed E-state index contributed by atoms with van der Waals surface area (Å²) < 4.78 is 32.5. The maximum Gasteiger partial charge on any atom is 0.324 e. The summed E-state index contributed by atoms with van der Waals surface area (Å²) in [6.07, 6.45) is 0. The summed E-state index contributed by atoms with van der Waals surface area (Å²) in [5.41, 5.74) is 0. The number of sulfonamides is 1. The van der Waals surface area contributed by atoms with Gasteiger partial charge in [-0.3, -0.25) is 9.69 Å². The summed E-state index contributed by atoms with van der Waals surface area (Å²) in [5.74, 6) is 0.418. The molecular formula is C18H27N4O5S+. The Morgan fingerprint density at radius 2 is 1.86 bits per heavy atom. The molecular weight excluding hydrogens is 384 g/mol. The van der Waals surface area contributed by atoms with Gasteiger partial charge in [0.25, 0.3) is 5.91 Å². The van der Waals surface area contributed by atoms with Gasteiger partial charge in [0, 0.05) is 13.1 Å². The fourth-order valence-corrected chi connectivity index (χ4v) is 5.00. The Hall–Kier alpha value is -2.17. The monoisotopic (exact) mass is 411 g/mol. The molecule has 0 bridgehead atoms. The summed E-state index contributed by atoms with van der Waals surface area (Å²) in [6, 6.07) is 5.67. The van der Waals surface area contributed by atoms with Crippen LogP contribution in [0.25, 0.3) is 0 Å². The Morgan fingerprint density at radius 3 is 2.39 bits per heavy atom. The molecule has 0 saturated carbocycles. The molecule has 1 aromatic rings. The van der Waals surface area contributed by atoms with Crippen molar-refractivity contribution in [2.45, 2.75) is 24.8 Å². The number of benzene rings is 1. The standard InChI is InChI=1S/C18H26N4O5S/c1-3-27-15-4-6-16(7-5-15)28(25,26)21-12-10-20(11-13-21)14(2)17(23)22-9-8-19-18(22)24/h4-7,14H,3,8-13H2,1-2H3,(H,19,24)/p+1/t14-/m0/s1. The molecule has 2 heterocycles. The first-order valence-corrected chi connectivity index (χ1v) is 11.0. The zero-order chi connectivity index (χ0) is 20.3. The Balaban J connectivity index is 1.60. The van der Waals surface area contributed by atoms with Crippen molar-refractivity contribution >= 4 is 22.0 Å². The Bertz CT molecular complexity index is 819. The number of nitrogens with one attached hydrogen (secondary N) is 2. The van der Waals surface area contributed by atoms with E-state index in [4.69, 9.17) is 4.74 Å². The van der Waals surface area contributed by atoms with Crippen LogP contribution in [0.5, 0.6) is 5.75 Å². The highest BCUT2D eigenvalue weighted by atomic mass is 32.2. The number of carbonyl (C=O) groups excluding carboxylic acids is 2. The van der Waals surface area contributed by atoms with Gasteiger partial charge >= 0.3 is 6.03 Å². The molecule has 2 fully saturated rings. The summed E-state index contributed by atoms with van der Waals surface area (Å²) in [4.78, 5) is 26.7. The fourth-order valence-electron chi connectivity index (χ4n) is 3.56. The minimum atomic E-state index is -3.58. The number of amides is 3. The lowest BCUT2D eigenvalue weighted by molar-refractivity contribution is -0.917. The normalized spacial score (nSPS) is 20.1. The number of hydrogen-bond donors (Lipinski definition) is 2. The van der Waals surface area contributed by atoms with E-state index in [1.165, 1.54) is 9.21 Å². The maximum atomic E-state index is 12.9. The van der Waals surface area contributed by atoms with Gasteiger partial charge in [-0.2, -0.15) is 4.31 Å². The Labute approximate surface area is 165 Å². The van der Waals surface area contributed by atoms with E-state index in [0.29, 0.717) is 51.6 Å². The molecule has 3 rings (SSSR count). The van der Waals surface area contributed by atoms with Gasteiger partial charge in [0.05, 0.1) is 37.7 Å². The first-order valence-electron chi connectivity index (χ1n) is 9.51. The lowest BCUT2D eigenvalue weighted by Crippen LogP contribution is -3.19. The van der Waals surface area contributed by atoms with Gasteiger partial charge in [0.1, 0.15) is 5.75 Å². The number of rotatable bonds is 6. The van der Waals surface area contributed by atoms with Crippen LogP contribution in [0.15, 0.2) is 29.2 Å². The van der Waals surface area contributed by atoms with Crippen LogP contribution in [0.3, 0.4) is 0 Å². The van der Waals surface area contributed by atoms with E-state index < -0.39 is 10.0 Å². The molecule has 10 heteroatoms. The third-order valence-electron chi connectivity index (χ3n) is 5.24. The van der Waals surface area contributed by atoms with Gasteiger partial charge in [0.2, 0.25) is 10.0 Å². The van der Waals surface area contributed by atoms with Crippen LogP contribution >= 0.6 is 0 Å². The smallest absolute Gasteiger partial charge is 0.324 e. The number of ether oxygens (including phenoxy) is 1. The van der Waals surface area contributed by atoms with E-state index in [-0.39, 0.29) is 22.9 Å². The minimum Gasteiger partial charge on any atom is -0.494 e. The highest BCUT2D eigenvalue weighted by Crippen LogP contribution is 2.19. The number of carbonyl (C=O) groups is 2. The third kappa shape index (κ3) is 4.13. The molecule has 1 aromatic carbocycles. The van der Waals surface area contributed by atoms with E-state index >= 15 is 0 Å². The second kappa shape index (κ2) is 8.46. The minimum absolute atomic E-state index is 0.215. The maximum absolute atomic E-state index is 12.9. The SMILES string of the molecule is CCOc1ccc(S(=O)(=O)N2CC[NH+]([C@@H](C)C(=O)N3CCNC3=O)CC2)cc1. The van der Waals surface area contributed by atoms with Crippen molar-refractivity contribution in [2.75, 3.05) is 45.9 Å². The topological polar surface area (TPSA) is 100 Å². The van der Waals surface area contributed by atoms with Crippen molar-refractivity contribution in [3.8, 4) is 5.75 Å². The van der Waals surface area contributed by atoms with Crippen LogP contribution in [0.2, 0.25) is 0 Å². The molecule has 0 radical (unpaired) electrons. The van der Waals surface area contributed by atoms with E-state index in [1.807, 2.05) is 6.92 Å². The number of nitrogens with zero attached hydrogens (tertiary/aromatic N) is 2.